The van der Waals surface area contributed by atoms with E-state index in [0.29, 0.717) is 10.6 Å². The van der Waals surface area contributed by atoms with Crippen LogP contribution in [0.3, 0.4) is 0 Å². The molecule has 1 aromatic heterocycles. The smallest absolute Gasteiger partial charge is 0.386 e. The summed E-state index contributed by atoms with van der Waals surface area (Å²) in [6, 6.07) is 4.78. The molecule has 0 spiro atoms. The number of halogens is 3. The fourth-order valence-corrected chi connectivity index (χ4v) is 2.16. The molecule has 96 valence electrons. The van der Waals surface area contributed by atoms with E-state index in [9.17, 15) is 18.3 Å². The molecule has 0 aliphatic carbocycles. The van der Waals surface area contributed by atoms with Gasteiger partial charge in [0, 0.05) is 18.0 Å². The van der Waals surface area contributed by atoms with Crippen molar-refractivity contribution in [1.82, 2.24) is 4.98 Å². The fraction of sp³-hybridized carbons (Fsp3) is 0.250. The van der Waals surface area contributed by atoms with Crippen LogP contribution in [0, 0.1) is 0 Å². The van der Waals surface area contributed by atoms with Crippen LogP contribution in [0.2, 0.25) is 0 Å². The monoisotopic (exact) mass is 273 g/mol. The topological polar surface area (TPSA) is 33.1 Å². The Morgan fingerprint density at radius 1 is 1.22 bits per heavy atom. The third-order valence-electron chi connectivity index (χ3n) is 2.45. The van der Waals surface area contributed by atoms with Gasteiger partial charge in [0.15, 0.2) is 0 Å². The lowest BCUT2D eigenvalue weighted by molar-refractivity contribution is -0.137. The van der Waals surface area contributed by atoms with Gasteiger partial charge in [0.1, 0.15) is 11.1 Å². The van der Waals surface area contributed by atoms with Crippen LogP contribution in [0.5, 0.6) is 0 Å². The van der Waals surface area contributed by atoms with Gasteiger partial charge in [-0.05, 0) is 17.7 Å². The Hall–Kier alpha value is -1.40. The standard InChI is InChI=1S/C12H10F3NOS/c13-12(14,15)9-3-1-8(2-4-9)7-10(17)11-16-5-6-18-11/h1-6,10,17H,7H2. The molecular formula is C12H10F3NOS. The molecule has 0 bridgehead atoms. The van der Waals surface area contributed by atoms with Crippen molar-refractivity contribution < 1.29 is 18.3 Å². The fourth-order valence-electron chi connectivity index (χ4n) is 1.54. The second-order valence-corrected chi connectivity index (χ2v) is 4.71. The number of thiazole rings is 1. The lowest BCUT2D eigenvalue weighted by atomic mass is 10.1. The average molecular weight is 273 g/mol. The Morgan fingerprint density at radius 3 is 2.39 bits per heavy atom. The van der Waals surface area contributed by atoms with Crippen LogP contribution in [-0.2, 0) is 12.6 Å². The molecule has 2 aromatic rings. The Labute approximate surface area is 106 Å². The Balaban J connectivity index is 2.07. The van der Waals surface area contributed by atoms with Crippen LogP contribution in [0.1, 0.15) is 22.2 Å². The van der Waals surface area contributed by atoms with Crippen molar-refractivity contribution in [2.75, 3.05) is 0 Å². The highest BCUT2D eigenvalue weighted by Crippen LogP contribution is 2.29. The molecule has 0 saturated heterocycles. The predicted molar refractivity (Wildman–Crippen MR) is 62.2 cm³/mol. The SMILES string of the molecule is OC(Cc1ccc(C(F)(F)F)cc1)c1nccs1. The van der Waals surface area contributed by atoms with Crippen LogP contribution in [0.15, 0.2) is 35.8 Å². The first-order chi connectivity index (χ1) is 8.47. The highest BCUT2D eigenvalue weighted by atomic mass is 32.1. The van der Waals surface area contributed by atoms with Crippen molar-refractivity contribution in [3.8, 4) is 0 Å². The Morgan fingerprint density at radius 2 is 1.89 bits per heavy atom. The first-order valence-electron chi connectivity index (χ1n) is 5.20. The molecule has 0 fully saturated rings. The number of aliphatic hydroxyl groups is 1. The minimum absolute atomic E-state index is 0.256. The molecule has 0 amide bonds. The van der Waals surface area contributed by atoms with Gasteiger partial charge in [0.25, 0.3) is 0 Å². The van der Waals surface area contributed by atoms with Crippen molar-refractivity contribution in [3.05, 3.63) is 52.0 Å². The Bertz CT molecular complexity index is 493. The zero-order valence-corrected chi connectivity index (χ0v) is 10.0. The number of alkyl halides is 3. The van der Waals surface area contributed by atoms with E-state index in [0.717, 1.165) is 12.1 Å². The maximum Gasteiger partial charge on any atom is 0.416 e. The summed E-state index contributed by atoms with van der Waals surface area (Å²) < 4.78 is 37.0. The molecular weight excluding hydrogens is 263 g/mol. The molecule has 1 heterocycles. The second-order valence-electron chi connectivity index (χ2n) is 3.78. The van der Waals surface area contributed by atoms with E-state index in [1.54, 1.807) is 11.6 Å². The highest BCUT2D eigenvalue weighted by molar-refractivity contribution is 7.09. The molecule has 0 saturated carbocycles. The summed E-state index contributed by atoms with van der Waals surface area (Å²) in [7, 11) is 0. The molecule has 1 atom stereocenters. The van der Waals surface area contributed by atoms with Crippen molar-refractivity contribution in [2.45, 2.75) is 18.7 Å². The number of rotatable bonds is 3. The van der Waals surface area contributed by atoms with E-state index < -0.39 is 17.8 Å². The van der Waals surface area contributed by atoms with Gasteiger partial charge in [-0.1, -0.05) is 12.1 Å². The molecule has 0 aliphatic heterocycles. The van der Waals surface area contributed by atoms with Crippen LogP contribution in [0.4, 0.5) is 13.2 Å². The van der Waals surface area contributed by atoms with Gasteiger partial charge in [0.2, 0.25) is 0 Å². The second kappa shape index (κ2) is 5.07. The maximum atomic E-state index is 12.3. The lowest BCUT2D eigenvalue weighted by Crippen LogP contribution is -2.05. The van der Waals surface area contributed by atoms with Gasteiger partial charge in [0.05, 0.1) is 5.56 Å². The first kappa shape index (κ1) is 13.0. The molecule has 0 aliphatic rings. The molecule has 1 N–H and O–H groups in total. The molecule has 2 rings (SSSR count). The summed E-state index contributed by atoms with van der Waals surface area (Å²) in [5, 5.41) is 12.1. The molecule has 2 nitrogen and oxygen atoms in total. The largest absolute Gasteiger partial charge is 0.416 e. The van der Waals surface area contributed by atoms with E-state index in [1.807, 2.05) is 0 Å². The maximum absolute atomic E-state index is 12.3. The average Bonchev–Trinajstić information content (AvgIpc) is 2.82. The predicted octanol–water partition coefficient (Wildman–Crippen LogP) is 3.44. The number of benzene rings is 1. The normalized spacial score (nSPS) is 13.6. The zero-order chi connectivity index (χ0) is 13.2. The summed E-state index contributed by atoms with van der Waals surface area (Å²) in [5.41, 5.74) is -0.0410. The summed E-state index contributed by atoms with van der Waals surface area (Å²) in [6.07, 6.45) is -3.27. The number of aliphatic hydroxyl groups excluding tert-OH is 1. The van der Waals surface area contributed by atoms with E-state index in [-0.39, 0.29) is 6.42 Å². The number of aromatic nitrogens is 1. The zero-order valence-electron chi connectivity index (χ0n) is 9.19. The summed E-state index contributed by atoms with van der Waals surface area (Å²) in [6.45, 7) is 0. The van der Waals surface area contributed by atoms with Gasteiger partial charge in [-0.2, -0.15) is 13.2 Å². The summed E-state index contributed by atoms with van der Waals surface area (Å²) in [5.74, 6) is 0. The van der Waals surface area contributed by atoms with Crippen molar-refractivity contribution in [1.29, 1.82) is 0 Å². The van der Waals surface area contributed by atoms with Gasteiger partial charge < -0.3 is 5.11 Å². The molecule has 0 radical (unpaired) electrons. The number of nitrogens with zero attached hydrogens (tertiary/aromatic N) is 1. The molecule has 18 heavy (non-hydrogen) atoms. The minimum atomic E-state index is -4.33. The van der Waals surface area contributed by atoms with Crippen molar-refractivity contribution in [3.63, 3.8) is 0 Å². The van der Waals surface area contributed by atoms with E-state index in [4.69, 9.17) is 0 Å². The van der Waals surface area contributed by atoms with Crippen molar-refractivity contribution >= 4 is 11.3 Å². The van der Waals surface area contributed by atoms with Crippen LogP contribution >= 0.6 is 11.3 Å². The number of hydrogen-bond donors (Lipinski definition) is 1. The molecule has 6 heteroatoms. The van der Waals surface area contributed by atoms with Crippen LogP contribution in [-0.4, -0.2) is 10.1 Å². The van der Waals surface area contributed by atoms with Gasteiger partial charge >= 0.3 is 6.18 Å². The molecule has 1 unspecified atom stereocenters. The van der Waals surface area contributed by atoms with Gasteiger partial charge in [-0.25, -0.2) is 4.98 Å². The van der Waals surface area contributed by atoms with E-state index >= 15 is 0 Å². The highest BCUT2D eigenvalue weighted by Gasteiger charge is 2.30. The minimum Gasteiger partial charge on any atom is -0.386 e. The summed E-state index contributed by atoms with van der Waals surface area (Å²) >= 11 is 1.32. The molecule has 1 aromatic carbocycles. The van der Waals surface area contributed by atoms with Crippen LogP contribution < -0.4 is 0 Å². The van der Waals surface area contributed by atoms with Crippen molar-refractivity contribution in [2.24, 2.45) is 0 Å². The van der Waals surface area contributed by atoms with Gasteiger partial charge in [-0.15, -0.1) is 11.3 Å². The van der Waals surface area contributed by atoms with Gasteiger partial charge in [-0.3, -0.25) is 0 Å². The van der Waals surface area contributed by atoms with E-state index in [1.165, 1.54) is 23.5 Å². The van der Waals surface area contributed by atoms with E-state index in [2.05, 4.69) is 4.98 Å². The lowest BCUT2D eigenvalue weighted by Gasteiger charge is -2.10. The Kier molecular flexibility index (Phi) is 3.68. The van der Waals surface area contributed by atoms with Crippen LogP contribution in [0.25, 0.3) is 0 Å². The third kappa shape index (κ3) is 3.08. The summed E-state index contributed by atoms with van der Waals surface area (Å²) in [4.78, 5) is 3.96. The third-order valence-corrected chi connectivity index (χ3v) is 3.32. The quantitative estimate of drug-likeness (QED) is 0.929. The first-order valence-corrected chi connectivity index (χ1v) is 6.08. The number of hydrogen-bond acceptors (Lipinski definition) is 3.